The van der Waals surface area contributed by atoms with Gasteiger partial charge in [0.1, 0.15) is 0 Å². The first-order chi connectivity index (χ1) is 9.85. The van der Waals surface area contributed by atoms with E-state index in [1.54, 1.807) is 0 Å². The van der Waals surface area contributed by atoms with Crippen LogP contribution in [0.1, 0.15) is 64.7 Å². The molecule has 1 unspecified atom stereocenters. The minimum absolute atomic E-state index is 0.0461. The van der Waals surface area contributed by atoms with Crippen LogP contribution in [0.15, 0.2) is 0 Å². The first kappa shape index (κ1) is 19.8. The van der Waals surface area contributed by atoms with Gasteiger partial charge in [0.15, 0.2) is 0 Å². The summed E-state index contributed by atoms with van der Waals surface area (Å²) >= 11 is 0. The zero-order chi connectivity index (χ0) is 14.9. The number of hydrogen-bond acceptors (Lipinski definition) is 4. The number of unbranched alkanes of at least 4 members (excludes halogenated alkanes) is 7. The number of aliphatic hydroxyl groups is 2. The molecule has 0 bridgehead atoms. The smallest absolute Gasteiger partial charge is 0.0809 e. The molecule has 2 N–H and O–H groups in total. The second-order valence-corrected chi connectivity index (χ2v) is 5.28. The van der Waals surface area contributed by atoms with Gasteiger partial charge < -0.3 is 19.7 Å². The Hall–Kier alpha value is -0.160. The molecule has 20 heavy (non-hydrogen) atoms. The van der Waals surface area contributed by atoms with Crippen molar-refractivity contribution in [3.8, 4) is 0 Å². The van der Waals surface area contributed by atoms with Crippen molar-refractivity contribution in [2.45, 2.75) is 70.8 Å². The molecule has 0 aliphatic rings. The van der Waals surface area contributed by atoms with Gasteiger partial charge in [-0.15, -0.1) is 0 Å². The minimum atomic E-state index is 0.0461. The van der Waals surface area contributed by atoms with Crippen molar-refractivity contribution in [2.75, 3.05) is 33.0 Å². The lowest BCUT2D eigenvalue weighted by molar-refractivity contribution is -0.0376. The Balaban J connectivity index is 3.46. The Morgan fingerprint density at radius 1 is 0.800 bits per heavy atom. The quantitative estimate of drug-likeness (QED) is 0.429. The molecule has 0 aromatic rings. The SMILES string of the molecule is CCCCCCCCCCC(COCCO)OCCO. The normalized spacial score (nSPS) is 12.8. The van der Waals surface area contributed by atoms with Crippen molar-refractivity contribution < 1.29 is 19.7 Å². The average molecular weight is 290 g/mol. The number of rotatable bonds is 16. The molecule has 0 saturated carbocycles. The molecule has 0 rings (SSSR count). The molecule has 0 amide bonds. The molecule has 0 saturated heterocycles. The van der Waals surface area contributed by atoms with E-state index >= 15 is 0 Å². The second kappa shape index (κ2) is 16.9. The van der Waals surface area contributed by atoms with Crippen molar-refractivity contribution in [3.63, 3.8) is 0 Å². The van der Waals surface area contributed by atoms with Crippen molar-refractivity contribution in [2.24, 2.45) is 0 Å². The zero-order valence-corrected chi connectivity index (χ0v) is 13.2. The monoisotopic (exact) mass is 290 g/mol. The summed E-state index contributed by atoms with van der Waals surface area (Å²) in [6.07, 6.45) is 11.4. The lowest BCUT2D eigenvalue weighted by Gasteiger charge is -2.17. The summed E-state index contributed by atoms with van der Waals surface area (Å²) in [7, 11) is 0. The fourth-order valence-electron chi connectivity index (χ4n) is 2.22. The lowest BCUT2D eigenvalue weighted by Crippen LogP contribution is -2.22. The summed E-state index contributed by atoms with van der Waals surface area (Å²) in [5.41, 5.74) is 0. The topological polar surface area (TPSA) is 58.9 Å². The molecular weight excluding hydrogens is 256 g/mol. The molecule has 0 aliphatic carbocycles. The van der Waals surface area contributed by atoms with Crippen LogP contribution in [0.4, 0.5) is 0 Å². The largest absolute Gasteiger partial charge is 0.394 e. The molecule has 0 fully saturated rings. The molecule has 1 atom stereocenters. The molecule has 0 spiro atoms. The fraction of sp³-hybridized carbons (Fsp3) is 1.00. The Morgan fingerprint density at radius 2 is 1.40 bits per heavy atom. The van der Waals surface area contributed by atoms with Crippen molar-refractivity contribution in [3.05, 3.63) is 0 Å². The van der Waals surface area contributed by atoms with Gasteiger partial charge in [-0.25, -0.2) is 0 Å². The van der Waals surface area contributed by atoms with E-state index in [4.69, 9.17) is 19.7 Å². The summed E-state index contributed by atoms with van der Waals surface area (Å²) in [5, 5.41) is 17.5. The Morgan fingerprint density at radius 3 is 2.00 bits per heavy atom. The van der Waals surface area contributed by atoms with Crippen LogP contribution in [-0.4, -0.2) is 49.4 Å². The third kappa shape index (κ3) is 14.3. The number of aliphatic hydroxyl groups excluding tert-OH is 2. The van der Waals surface area contributed by atoms with Gasteiger partial charge in [-0.2, -0.15) is 0 Å². The number of ether oxygens (including phenoxy) is 2. The van der Waals surface area contributed by atoms with E-state index in [1.165, 1.54) is 44.9 Å². The van der Waals surface area contributed by atoms with Gasteiger partial charge in [0.05, 0.1) is 39.1 Å². The van der Waals surface area contributed by atoms with E-state index in [0.717, 1.165) is 12.8 Å². The number of hydrogen-bond donors (Lipinski definition) is 2. The highest BCUT2D eigenvalue weighted by atomic mass is 16.5. The van der Waals surface area contributed by atoms with Crippen LogP contribution in [0, 0.1) is 0 Å². The maximum absolute atomic E-state index is 8.79. The van der Waals surface area contributed by atoms with Gasteiger partial charge in [0, 0.05) is 0 Å². The van der Waals surface area contributed by atoms with Crippen LogP contribution < -0.4 is 0 Å². The van der Waals surface area contributed by atoms with Gasteiger partial charge in [-0.3, -0.25) is 0 Å². The minimum Gasteiger partial charge on any atom is -0.394 e. The van der Waals surface area contributed by atoms with Crippen LogP contribution in [0.2, 0.25) is 0 Å². The van der Waals surface area contributed by atoms with Crippen molar-refractivity contribution in [1.82, 2.24) is 0 Å². The van der Waals surface area contributed by atoms with Gasteiger partial charge >= 0.3 is 0 Å². The van der Waals surface area contributed by atoms with E-state index in [2.05, 4.69) is 6.92 Å². The second-order valence-electron chi connectivity index (χ2n) is 5.28. The summed E-state index contributed by atoms with van der Waals surface area (Å²) in [4.78, 5) is 0. The molecule has 0 aromatic carbocycles. The van der Waals surface area contributed by atoms with Crippen LogP contribution >= 0.6 is 0 Å². The fourth-order valence-corrected chi connectivity index (χ4v) is 2.22. The highest BCUT2D eigenvalue weighted by Crippen LogP contribution is 2.12. The maximum Gasteiger partial charge on any atom is 0.0809 e. The third-order valence-electron chi connectivity index (χ3n) is 3.36. The van der Waals surface area contributed by atoms with E-state index in [1.807, 2.05) is 0 Å². The Kier molecular flexibility index (Phi) is 16.8. The molecular formula is C16H34O4. The summed E-state index contributed by atoms with van der Waals surface area (Å²) in [5.74, 6) is 0. The standard InChI is InChI=1S/C16H34O4/c1-2-3-4-5-6-7-8-9-10-16(20-14-12-18)15-19-13-11-17/h16-18H,2-15H2,1H3. The van der Waals surface area contributed by atoms with Crippen molar-refractivity contribution >= 4 is 0 Å². The lowest BCUT2D eigenvalue weighted by atomic mass is 10.1. The van der Waals surface area contributed by atoms with Gasteiger partial charge in [0.2, 0.25) is 0 Å². The van der Waals surface area contributed by atoms with Crippen molar-refractivity contribution in [1.29, 1.82) is 0 Å². The average Bonchev–Trinajstić information content (AvgIpc) is 2.47. The molecule has 0 heterocycles. The summed E-state index contributed by atoms with van der Waals surface area (Å²) < 4.78 is 10.8. The van der Waals surface area contributed by atoms with Crippen LogP contribution in [0.25, 0.3) is 0 Å². The Labute approximate surface area is 124 Å². The van der Waals surface area contributed by atoms with E-state index in [9.17, 15) is 0 Å². The predicted octanol–water partition coefficient (Wildman–Crippen LogP) is 2.90. The van der Waals surface area contributed by atoms with E-state index in [-0.39, 0.29) is 19.3 Å². The van der Waals surface area contributed by atoms with E-state index < -0.39 is 0 Å². The third-order valence-corrected chi connectivity index (χ3v) is 3.36. The van der Waals surface area contributed by atoms with Crippen LogP contribution in [-0.2, 0) is 9.47 Å². The summed E-state index contributed by atoms with van der Waals surface area (Å²) in [6.45, 7) is 3.57. The first-order valence-electron chi connectivity index (χ1n) is 8.26. The first-order valence-corrected chi connectivity index (χ1v) is 8.26. The molecule has 4 heteroatoms. The molecule has 0 aromatic heterocycles. The molecule has 0 radical (unpaired) electrons. The van der Waals surface area contributed by atoms with Gasteiger partial charge in [0.25, 0.3) is 0 Å². The molecule has 0 aliphatic heterocycles. The zero-order valence-electron chi connectivity index (χ0n) is 13.2. The van der Waals surface area contributed by atoms with Crippen LogP contribution in [0.5, 0.6) is 0 Å². The predicted molar refractivity (Wildman–Crippen MR) is 82.0 cm³/mol. The maximum atomic E-state index is 8.79. The molecule has 122 valence electrons. The highest BCUT2D eigenvalue weighted by Gasteiger charge is 2.08. The summed E-state index contributed by atoms with van der Waals surface area (Å²) in [6, 6.07) is 0. The van der Waals surface area contributed by atoms with Gasteiger partial charge in [-0.05, 0) is 6.42 Å². The highest BCUT2D eigenvalue weighted by molar-refractivity contribution is 4.58. The molecule has 4 nitrogen and oxygen atoms in total. The van der Waals surface area contributed by atoms with Gasteiger partial charge in [-0.1, -0.05) is 58.3 Å². The Bertz CT molecular complexity index is 176. The van der Waals surface area contributed by atoms with E-state index in [0.29, 0.717) is 19.8 Å². The van der Waals surface area contributed by atoms with Crippen LogP contribution in [0.3, 0.4) is 0 Å².